The van der Waals surface area contributed by atoms with Crippen molar-refractivity contribution in [3.05, 3.63) is 11.6 Å². The SMILES string of the molecule is CC(=O)O.C[C@]12CC[C@H]3[C@@H](CC=C4C[C@@H](Cl)CC[C@@]43CO)[C@@H]1CCC2=O. The van der Waals surface area contributed by atoms with Crippen molar-refractivity contribution in [1.29, 1.82) is 0 Å². The van der Waals surface area contributed by atoms with Crippen molar-refractivity contribution in [2.24, 2.45) is 28.6 Å². The molecule has 0 heterocycles. The fourth-order valence-corrected chi connectivity index (χ4v) is 6.75. The van der Waals surface area contributed by atoms with Gasteiger partial charge in [-0.3, -0.25) is 9.59 Å². The summed E-state index contributed by atoms with van der Waals surface area (Å²) in [5.74, 6) is 1.35. The summed E-state index contributed by atoms with van der Waals surface area (Å²) in [6.07, 6.45) is 10.5. The molecule has 6 atom stereocenters. The predicted octanol–water partition coefficient (Wildman–Crippen LogP) is 4.19. The van der Waals surface area contributed by atoms with Gasteiger partial charge in [-0.15, -0.1) is 11.6 Å². The lowest BCUT2D eigenvalue weighted by Gasteiger charge is -2.57. The van der Waals surface area contributed by atoms with Crippen LogP contribution in [0.3, 0.4) is 0 Å². The monoisotopic (exact) mass is 382 g/mol. The lowest BCUT2D eigenvalue weighted by molar-refractivity contribution is -0.134. The Kier molecular flexibility index (Phi) is 5.56. The topological polar surface area (TPSA) is 74.6 Å². The van der Waals surface area contributed by atoms with Crippen molar-refractivity contribution >= 4 is 23.4 Å². The Morgan fingerprint density at radius 3 is 2.62 bits per heavy atom. The van der Waals surface area contributed by atoms with Crippen LogP contribution < -0.4 is 0 Å². The van der Waals surface area contributed by atoms with Crippen LogP contribution in [-0.4, -0.2) is 33.9 Å². The van der Waals surface area contributed by atoms with Gasteiger partial charge in [-0.25, -0.2) is 0 Å². The van der Waals surface area contributed by atoms with Crippen molar-refractivity contribution in [2.75, 3.05) is 6.61 Å². The van der Waals surface area contributed by atoms with Gasteiger partial charge in [-0.1, -0.05) is 18.6 Å². The molecule has 0 radical (unpaired) electrons. The second-order valence-electron chi connectivity index (χ2n) is 8.93. The van der Waals surface area contributed by atoms with E-state index >= 15 is 0 Å². The fraction of sp³-hybridized carbons (Fsp3) is 0.810. The molecule has 0 aromatic carbocycles. The van der Waals surface area contributed by atoms with E-state index in [0.717, 1.165) is 58.3 Å². The first-order valence-electron chi connectivity index (χ1n) is 9.92. The van der Waals surface area contributed by atoms with E-state index in [0.29, 0.717) is 23.5 Å². The molecular weight excluding hydrogens is 352 g/mol. The summed E-state index contributed by atoms with van der Waals surface area (Å²) in [5.41, 5.74) is 1.32. The number of Topliss-reactive ketones (excluding diaryl/α,β-unsaturated/α-hetero) is 1. The molecule has 0 amide bonds. The Hall–Kier alpha value is -0.870. The van der Waals surface area contributed by atoms with Crippen LogP contribution in [0.15, 0.2) is 11.6 Å². The number of ketones is 1. The van der Waals surface area contributed by atoms with Crippen molar-refractivity contribution < 1.29 is 19.8 Å². The third-order valence-corrected chi connectivity index (χ3v) is 8.13. The zero-order valence-corrected chi connectivity index (χ0v) is 16.6. The van der Waals surface area contributed by atoms with Crippen LogP contribution in [0.2, 0.25) is 0 Å². The van der Waals surface area contributed by atoms with Crippen LogP contribution in [0.25, 0.3) is 0 Å². The van der Waals surface area contributed by atoms with Gasteiger partial charge in [0.05, 0.1) is 6.61 Å². The number of hydrogen-bond donors (Lipinski definition) is 2. The number of hydrogen-bond acceptors (Lipinski definition) is 3. The maximum absolute atomic E-state index is 12.4. The number of halogens is 1. The van der Waals surface area contributed by atoms with E-state index in [-0.39, 0.29) is 22.8 Å². The van der Waals surface area contributed by atoms with Gasteiger partial charge < -0.3 is 10.2 Å². The minimum atomic E-state index is -0.833. The van der Waals surface area contributed by atoms with Crippen LogP contribution in [0.5, 0.6) is 0 Å². The fourth-order valence-electron chi connectivity index (χ4n) is 6.48. The highest BCUT2D eigenvalue weighted by molar-refractivity contribution is 6.20. The zero-order valence-electron chi connectivity index (χ0n) is 15.8. The normalized spacial score (nSPS) is 44.0. The van der Waals surface area contributed by atoms with Crippen LogP contribution in [0, 0.1) is 28.6 Å². The number of carbonyl (C=O) groups excluding carboxylic acids is 1. The van der Waals surface area contributed by atoms with Crippen LogP contribution in [0.4, 0.5) is 0 Å². The molecule has 4 aliphatic rings. The molecule has 0 spiro atoms. The van der Waals surface area contributed by atoms with E-state index in [9.17, 15) is 9.90 Å². The summed E-state index contributed by atoms with van der Waals surface area (Å²) in [4.78, 5) is 21.4. The number of aliphatic carboxylic acids is 1. The lowest BCUT2D eigenvalue weighted by atomic mass is 9.48. The number of allylic oxidation sites excluding steroid dienone is 1. The Bertz CT molecular complexity index is 611. The molecule has 3 saturated carbocycles. The number of carbonyl (C=O) groups is 2. The predicted molar refractivity (Wildman–Crippen MR) is 101 cm³/mol. The number of fused-ring (bicyclic) bond motifs is 5. The van der Waals surface area contributed by atoms with Gasteiger partial charge >= 0.3 is 0 Å². The van der Waals surface area contributed by atoms with E-state index in [4.69, 9.17) is 21.5 Å². The van der Waals surface area contributed by atoms with E-state index in [1.165, 1.54) is 5.57 Å². The van der Waals surface area contributed by atoms with Gasteiger partial charge in [0.15, 0.2) is 0 Å². The van der Waals surface area contributed by atoms with Gasteiger partial charge in [0.1, 0.15) is 5.78 Å². The molecule has 0 aromatic rings. The summed E-state index contributed by atoms with van der Waals surface area (Å²) in [6.45, 7) is 3.56. The number of aliphatic hydroxyl groups excluding tert-OH is 1. The van der Waals surface area contributed by atoms with Crippen molar-refractivity contribution in [1.82, 2.24) is 0 Å². The molecule has 0 bridgehead atoms. The number of aliphatic hydroxyl groups is 1. The summed E-state index contributed by atoms with van der Waals surface area (Å²) in [7, 11) is 0. The molecule has 26 heavy (non-hydrogen) atoms. The second-order valence-corrected chi connectivity index (χ2v) is 9.55. The smallest absolute Gasteiger partial charge is 0.300 e. The van der Waals surface area contributed by atoms with E-state index in [2.05, 4.69) is 13.0 Å². The highest BCUT2D eigenvalue weighted by Gasteiger charge is 2.59. The maximum Gasteiger partial charge on any atom is 0.300 e. The first-order valence-corrected chi connectivity index (χ1v) is 10.4. The standard InChI is InChI=1S/C19H27ClO2.C2H4O2/c1-18-8-7-16-14(15(18)4-5-17(18)22)3-2-12-10-13(20)6-9-19(12,16)11-21;1-2(3)4/h2,13-16,21H,3-11H2,1H3;1H3,(H,3,4)/t13-,14-,15-,16-,18-,19+;/m0./s1. The third kappa shape index (κ3) is 3.13. The van der Waals surface area contributed by atoms with Gasteiger partial charge in [0.25, 0.3) is 5.97 Å². The summed E-state index contributed by atoms with van der Waals surface area (Å²) >= 11 is 6.39. The van der Waals surface area contributed by atoms with Gasteiger partial charge in [0.2, 0.25) is 0 Å². The van der Waals surface area contributed by atoms with Gasteiger partial charge in [-0.2, -0.15) is 0 Å². The average molecular weight is 383 g/mol. The molecule has 4 nitrogen and oxygen atoms in total. The van der Waals surface area contributed by atoms with Crippen LogP contribution >= 0.6 is 11.6 Å². The van der Waals surface area contributed by atoms with Crippen molar-refractivity contribution in [2.45, 2.75) is 70.6 Å². The minimum absolute atomic E-state index is 0.0265. The molecule has 3 fully saturated rings. The summed E-state index contributed by atoms with van der Waals surface area (Å²) in [6, 6.07) is 0. The summed E-state index contributed by atoms with van der Waals surface area (Å²) < 4.78 is 0. The number of carboxylic acids is 1. The van der Waals surface area contributed by atoms with Gasteiger partial charge in [-0.05, 0) is 62.7 Å². The van der Waals surface area contributed by atoms with Crippen LogP contribution in [-0.2, 0) is 9.59 Å². The molecule has 5 heteroatoms. The lowest BCUT2D eigenvalue weighted by Crippen LogP contribution is -2.52. The molecule has 0 aliphatic heterocycles. The maximum atomic E-state index is 12.4. The number of rotatable bonds is 1. The molecule has 4 rings (SSSR count). The number of alkyl halides is 1. The Morgan fingerprint density at radius 2 is 1.96 bits per heavy atom. The van der Waals surface area contributed by atoms with Crippen LogP contribution in [0.1, 0.15) is 65.2 Å². The molecule has 4 aliphatic carbocycles. The second kappa shape index (κ2) is 7.27. The Labute approximate surface area is 161 Å². The molecule has 146 valence electrons. The molecule has 0 aromatic heterocycles. The Balaban J connectivity index is 0.000000447. The van der Waals surface area contributed by atoms with Crippen molar-refractivity contribution in [3.63, 3.8) is 0 Å². The van der Waals surface area contributed by atoms with E-state index < -0.39 is 5.97 Å². The minimum Gasteiger partial charge on any atom is -0.481 e. The highest BCUT2D eigenvalue weighted by atomic mass is 35.5. The first-order chi connectivity index (χ1) is 12.2. The first kappa shape index (κ1) is 19.9. The van der Waals surface area contributed by atoms with Crippen molar-refractivity contribution in [3.8, 4) is 0 Å². The molecule has 2 N–H and O–H groups in total. The number of carboxylic acid groups (broad SMARTS) is 1. The average Bonchev–Trinajstić information content (AvgIpc) is 2.89. The molecule has 0 saturated heterocycles. The third-order valence-electron chi connectivity index (χ3n) is 7.76. The molecular formula is C21H31ClO4. The molecule has 0 unspecified atom stereocenters. The van der Waals surface area contributed by atoms with E-state index in [1.54, 1.807) is 0 Å². The van der Waals surface area contributed by atoms with Gasteiger partial charge in [0, 0.05) is 29.6 Å². The quantitative estimate of drug-likeness (QED) is 0.526. The summed E-state index contributed by atoms with van der Waals surface area (Å²) in [5, 5.41) is 18.0. The zero-order chi connectivity index (χ0) is 19.1. The largest absolute Gasteiger partial charge is 0.481 e. The highest BCUT2D eigenvalue weighted by Crippen LogP contribution is 2.64. The van der Waals surface area contributed by atoms with E-state index in [1.807, 2.05) is 0 Å². The Morgan fingerprint density at radius 1 is 1.27 bits per heavy atom.